The van der Waals surface area contributed by atoms with Crippen molar-refractivity contribution >= 4 is 5.97 Å². The SMILES string of the molecule is COC(=O)C(C)(C)CN1CCCC(C(F)(F)F)C1. The van der Waals surface area contributed by atoms with E-state index in [1.807, 2.05) is 0 Å². The summed E-state index contributed by atoms with van der Waals surface area (Å²) in [5.41, 5.74) is -0.776. The van der Waals surface area contributed by atoms with Gasteiger partial charge in [-0.2, -0.15) is 13.2 Å². The number of methoxy groups -OCH3 is 1. The number of nitrogens with zero attached hydrogens (tertiary/aromatic N) is 1. The number of carbonyl (C=O) groups is 1. The van der Waals surface area contributed by atoms with Gasteiger partial charge in [0.1, 0.15) is 0 Å². The van der Waals surface area contributed by atoms with Crippen molar-refractivity contribution in [3.63, 3.8) is 0 Å². The number of hydrogen-bond acceptors (Lipinski definition) is 3. The first-order chi connectivity index (χ1) is 8.16. The van der Waals surface area contributed by atoms with Crippen LogP contribution >= 0.6 is 0 Å². The first-order valence-electron chi connectivity index (χ1n) is 6.04. The van der Waals surface area contributed by atoms with Gasteiger partial charge in [-0.05, 0) is 33.2 Å². The Kier molecular flexibility index (Phi) is 4.64. The first kappa shape index (κ1) is 15.3. The summed E-state index contributed by atoms with van der Waals surface area (Å²) >= 11 is 0. The van der Waals surface area contributed by atoms with Gasteiger partial charge in [0, 0.05) is 13.1 Å². The highest BCUT2D eigenvalue weighted by molar-refractivity contribution is 5.76. The molecule has 0 N–H and O–H groups in total. The van der Waals surface area contributed by atoms with Crippen LogP contribution in [0.4, 0.5) is 13.2 Å². The van der Waals surface area contributed by atoms with E-state index in [4.69, 9.17) is 0 Å². The molecule has 1 fully saturated rings. The lowest BCUT2D eigenvalue weighted by molar-refractivity contribution is -0.188. The van der Waals surface area contributed by atoms with Crippen molar-refractivity contribution < 1.29 is 22.7 Å². The minimum absolute atomic E-state index is 0.0239. The lowest BCUT2D eigenvalue weighted by Crippen LogP contribution is -2.47. The quantitative estimate of drug-likeness (QED) is 0.736. The highest BCUT2D eigenvalue weighted by Gasteiger charge is 2.43. The van der Waals surface area contributed by atoms with E-state index < -0.39 is 23.5 Å². The van der Waals surface area contributed by atoms with Gasteiger partial charge in [-0.25, -0.2) is 0 Å². The lowest BCUT2D eigenvalue weighted by Gasteiger charge is -2.37. The number of ether oxygens (including phenoxy) is 1. The zero-order chi connectivity index (χ0) is 14.0. The van der Waals surface area contributed by atoms with Crippen LogP contribution in [0.25, 0.3) is 0 Å². The van der Waals surface area contributed by atoms with E-state index in [0.29, 0.717) is 19.5 Å². The van der Waals surface area contributed by atoms with E-state index in [2.05, 4.69) is 4.74 Å². The van der Waals surface area contributed by atoms with E-state index in [1.54, 1.807) is 18.7 Å². The average molecular weight is 267 g/mol. The van der Waals surface area contributed by atoms with Gasteiger partial charge in [0.2, 0.25) is 0 Å². The van der Waals surface area contributed by atoms with E-state index in [1.165, 1.54) is 7.11 Å². The number of hydrogen-bond donors (Lipinski definition) is 0. The molecule has 3 nitrogen and oxygen atoms in total. The number of piperidine rings is 1. The lowest BCUT2D eigenvalue weighted by atomic mass is 9.90. The van der Waals surface area contributed by atoms with Crippen LogP contribution in [0, 0.1) is 11.3 Å². The maximum Gasteiger partial charge on any atom is 0.393 e. The molecule has 18 heavy (non-hydrogen) atoms. The maximum atomic E-state index is 12.7. The largest absolute Gasteiger partial charge is 0.469 e. The molecule has 0 amide bonds. The molecule has 1 atom stereocenters. The molecule has 0 aromatic rings. The van der Waals surface area contributed by atoms with Gasteiger partial charge >= 0.3 is 12.1 Å². The van der Waals surface area contributed by atoms with Crippen molar-refractivity contribution in [2.75, 3.05) is 26.7 Å². The summed E-state index contributed by atoms with van der Waals surface area (Å²) in [6.07, 6.45) is -3.45. The van der Waals surface area contributed by atoms with Crippen LogP contribution in [0.3, 0.4) is 0 Å². The third-order valence-electron chi connectivity index (χ3n) is 3.33. The highest BCUT2D eigenvalue weighted by Crippen LogP contribution is 2.34. The van der Waals surface area contributed by atoms with Gasteiger partial charge in [0.25, 0.3) is 0 Å². The van der Waals surface area contributed by atoms with E-state index in [-0.39, 0.29) is 13.0 Å². The minimum Gasteiger partial charge on any atom is -0.469 e. The molecule has 0 bridgehead atoms. The summed E-state index contributed by atoms with van der Waals surface area (Å²) in [6, 6.07) is 0. The summed E-state index contributed by atoms with van der Waals surface area (Å²) in [5.74, 6) is -1.67. The van der Waals surface area contributed by atoms with Crippen LogP contribution < -0.4 is 0 Å². The highest BCUT2D eigenvalue weighted by atomic mass is 19.4. The number of alkyl halides is 3. The van der Waals surface area contributed by atoms with Gasteiger partial charge in [-0.1, -0.05) is 0 Å². The first-order valence-corrected chi connectivity index (χ1v) is 6.04. The summed E-state index contributed by atoms with van der Waals surface area (Å²) in [7, 11) is 1.29. The van der Waals surface area contributed by atoms with Crippen LogP contribution in [0.2, 0.25) is 0 Å². The Bertz CT molecular complexity index is 302. The standard InChI is InChI=1S/C12H20F3NO2/c1-11(2,10(17)18-3)8-16-6-4-5-9(7-16)12(13,14)15/h9H,4-8H2,1-3H3. The number of halogens is 3. The van der Waals surface area contributed by atoms with Crippen LogP contribution in [0.1, 0.15) is 26.7 Å². The summed E-state index contributed by atoms with van der Waals surface area (Å²) in [6.45, 7) is 4.26. The van der Waals surface area contributed by atoms with E-state index in [9.17, 15) is 18.0 Å². The smallest absolute Gasteiger partial charge is 0.393 e. The van der Waals surface area contributed by atoms with Gasteiger partial charge in [0.05, 0.1) is 18.4 Å². The summed E-state index contributed by atoms with van der Waals surface area (Å²) < 4.78 is 42.6. The number of carbonyl (C=O) groups excluding carboxylic acids is 1. The Labute approximate surface area is 105 Å². The number of rotatable bonds is 3. The number of esters is 1. The molecule has 0 aliphatic carbocycles. The second kappa shape index (κ2) is 5.47. The Hall–Kier alpha value is -0.780. The molecule has 0 spiro atoms. The molecule has 0 aromatic carbocycles. The van der Waals surface area contributed by atoms with Crippen LogP contribution in [-0.4, -0.2) is 43.8 Å². The predicted molar refractivity (Wildman–Crippen MR) is 61.0 cm³/mol. The van der Waals surface area contributed by atoms with E-state index in [0.717, 1.165) is 0 Å². The van der Waals surface area contributed by atoms with Gasteiger partial charge < -0.3 is 9.64 Å². The van der Waals surface area contributed by atoms with Crippen molar-refractivity contribution in [2.45, 2.75) is 32.9 Å². The van der Waals surface area contributed by atoms with Gasteiger partial charge in [-0.3, -0.25) is 4.79 Å². The van der Waals surface area contributed by atoms with Crippen LogP contribution in [0.15, 0.2) is 0 Å². The molecule has 1 aliphatic rings. The third kappa shape index (κ3) is 3.86. The minimum atomic E-state index is -4.14. The van der Waals surface area contributed by atoms with Gasteiger partial charge in [0.15, 0.2) is 0 Å². The van der Waals surface area contributed by atoms with Gasteiger partial charge in [-0.15, -0.1) is 0 Å². The molecule has 106 valence electrons. The van der Waals surface area contributed by atoms with Crippen molar-refractivity contribution in [3.8, 4) is 0 Å². The second-order valence-electron chi connectivity index (χ2n) is 5.49. The summed E-state index contributed by atoms with van der Waals surface area (Å²) in [5, 5.41) is 0. The van der Waals surface area contributed by atoms with Crippen LogP contribution in [0.5, 0.6) is 0 Å². The topological polar surface area (TPSA) is 29.5 Å². The van der Waals surface area contributed by atoms with Crippen molar-refractivity contribution in [1.29, 1.82) is 0 Å². The number of likely N-dealkylation sites (tertiary alicyclic amines) is 1. The average Bonchev–Trinajstić information content (AvgIpc) is 2.26. The Morgan fingerprint density at radius 1 is 1.39 bits per heavy atom. The van der Waals surface area contributed by atoms with Crippen molar-refractivity contribution in [2.24, 2.45) is 11.3 Å². The zero-order valence-corrected chi connectivity index (χ0v) is 11.0. The predicted octanol–water partition coefficient (Wildman–Crippen LogP) is 2.46. The molecular formula is C12H20F3NO2. The zero-order valence-electron chi connectivity index (χ0n) is 11.0. The molecule has 0 radical (unpaired) electrons. The molecule has 6 heteroatoms. The van der Waals surface area contributed by atoms with Crippen molar-refractivity contribution in [1.82, 2.24) is 4.90 Å². The Morgan fingerprint density at radius 2 is 2.00 bits per heavy atom. The molecule has 1 aliphatic heterocycles. The van der Waals surface area contributed by atoms with Crippen molar-refractivity contribution in [3.05, 3.63) is 0 Å². The molecule has 1 heterocycles. The Balaban J connectivity index is 2.60. The maximum absolute atomic E-state index is 12.7. The van der Waals surface area contributed by atoms with E-state index >= 15 is 0 Å². The molecule has 0 aromatic heterocycles. The fourth-order valence-corrected chi connectivity index (χ4v) is 2.37. The fourth-order valence-electron chi connectivity index (χ4n) is 2.37. The molecular weight excluding hydrogens is 247 g/mol. The fraction of sp³-hybridized carbons (Fsp3) is 0.917. The molecule has 1 saturated heterocycles. The summed E-state index contributed by atoms with van der Waals surface area (Å²) in [4.78, 5) is 13.2. The van der Waals surface area contributed by atoms with Crippen LogP contribution in [-0.2, 0) is 9.53 Å². The monoisotopic (exact) mass is 267 g/mol. The Morgan fingerprint density at radius 3 is 2.50 bits per heavy atom. The third-order valence-corrected chi connectivity index (χ3v) is 3.33. The molecule has 1 rings (SSSR count). The normalized spacial score (nSPS) is 22.9. The molecule has 1 unspecified atom stereocenters. The molecule has 0 saturated carbocycles. The second-order valence-corrected chi connectivity index (χ2v) is 5.49.